The third-order valence-electron chi connectivity index (χ3n) is 4.70. The molecule has 0 saturated heterocycles. The Balaban J connectivity index is 2.10. The minimum atomic E-state index is -1.04. The lowest BCUT2D eigenvalue weighted by atomic mass is 9.90. The van der Waals surface area contributed by atoms with Crippen molar-refractivity contribution in [3.8, 4) is 11.1 Å². The summed E-state index contributed by atoms with van der Waals surface area (Å²) in [5.41, 5.74) is 1.53. The Morgan fingerprint density at radius 1 is 0.704 bits per heavy atom. The number of carbonyl (C=O) groups excluding carboxylic acids is 1. The molecule has 0 aliphatic carbocycles. The van der Waals surface area contributed by atoms with Crippen molar-refractivity contribution in [2.75, 3.05) is 7.11 Å². The van der Waals surface area contributed by atoms with E-state index in [0.717, 1.165) is 21.5 Å². The smallest absolute Gasteiger partial charge is 0.338 e. The zero-order chi connectivity index (χ0) is 19.0. The largest absolute Gasteiger partial charge is 0.478 e. The summed E-state index contributed by atoms with van der Waals surface area (Å²) in [6.07, 6.45) is 0. The average molecular weight is 356 g/mol. The second-order valence-electron chi connectivity index (χ2n) is 6.29. The molecule has 0 aliphatic heterocycles. The van der Waals surface area contributed by atoms with Crippen LogP contribution < -0.4 is 0 Å². The fourth-order valence-electron chi connectivity index (χ4n) is 3.38. The zero-order valence-corrected chi connectivity index (χ0v) is 14.6. The maximum atomic E-state index is 12.4. The van der Waals surface area contributed by atoms with Crippen LogP contribution >= 0.6 is 0 Å². The van der Waals surface area contributed by atoms with Gasteiger partial charge in [0, 0.05) is 0 Å². The van der Waals surface area contributed by atoms with Crippen LogP contribution in [0.1, 0.15) is 20.7 Å². The van der Waals surface area contributed by atoms with E-state index in [1.54, 1.807) is 12.1 Å². The number of fused-ring (bicyclic) bond motifs is 2. The number of hydrogen-bond donors (Lipinski definition) is 1. The molecule has 0 fully saturated rings. The predicted molar refractivity (Wildman–Crippen MR) is 105 cm³/mol. The van der Waals surface area contributed by atoms with E-state index in [2.05, 4.69) is 0 Å². The lowest BCUT2D eigenvalue weighted by molar-refractivity contribution is 0.0600. The third kappa shape index (κ3) is 2.91. The van der Waals surface area contributed by atoms with Gasteiger partial charge in [-0.15, -0.1) is 0 Å². The van der Waals surface area contributed by atoms with Gasteiger partial charge in [-0.3, -0.25) is 0 Å². The summed E-state index contributed by atoms with van der Waals surface area (Å²) in [7, 11) is 1.32. The van der Waals surface area contributed by atoms with Crippen LogP contribution in [0.5, 0.6) is 0 Å². The van der Waals surface area contributed by atoms with Crippen LogP contribution in [0.4, 0.5) is 0 Å². The van der Waals surface area contributed by atoms with Gasteiger partial charge in [-0.1, -0.05) is 48.5 Å². The fraction of sp³-hybridized carbons (Fsp3) is 0.0435. The maximum Gasteiger partial charge on any atom is 0.338 e. The molecule has 4 heteroatoms. The van der Waals surface area contributed by atoms with Crippen molar-refractivity contribution in [2.45, 2.75) is 0 Å². The summed E-state index contributed by atoms with van der Waals surface area (Å²) in [4.78, 5) is 24.4. The van der Waals surface area contributed by atoms with Crippen LogP contribution in [0.3, 0.4) is 0 Å². The molecule has 0 spiro atoms. The van der Waals surface area contributed by atoms with Crippen LogP contribution in [0.15, 0.2) is 72.8 Å². The van der Waals surface area contributed by atoms with E-state index < -0.39 is 11.9 Å². The Kier molecular flexibility index (Phi) is 4.09. The van der Waals surface area contributed by atoms with E-state index in [4.69, 9.17) is 4.74 Å². The van der Waals surface area contributed by atoms with E-state index in [1.165, 1.54) is 7.11 Å². The van der Waals surface area contributed by atoms with Crippen LogP contribution in [0.25, 0.3) is 32.7 Å². The molecule has 0 radical (unpaired) electrons. The number of benzene rings is 4. The van der Waals surface area contributed by atoms with Gasteiger partial charge in [-0.05, 0) is 56.9 Å². The van der Waals surface area contributed by atoms with Crippen molar-refractivity contribution in [3.05, 3.63) is 83.9 Å². The number of carbonyl (C=O) groups is 2. The summed E-state index contributed by atoms with van der Waals surface area (Å²) in [5.74, 6) is -1.54. The predicted octanol–water partition coefficient (Wildman–Crippen LogP) is 5.14. The molecule has 0 aromatic heterocycles. The SMILES string of the molecule is COC(=O)c1cc2ccccc2cc1-c1cc2ccccc2cc1C(=O)O. The highest BCUT2D eigenvalue weighted by atomic mass is 16.5. The molecule has 27 heavy (non-hydrogen) atoms. The number of rotatable bonds is 3. The molecule has 4 rings (SSSR count). The van der Waals surface area contributed by atoms with E-state index in [9.17, 15) is 14.7 Å². The van der Waals surface area contributed by atoms with Crippen LogP contribution in [0, 0.1) is 0 Å². The van der Waals surface area contributed by atoms with Gasteiger partial charge in [0.1, 0.15) is 0 Å². The molecular weight excluding hydrogens is 340 g/mol. The van der Waals surface area contributed by atoms with E-state index >= 15 is 0 Å². The molecule has 0 unspecified atom stereocenters. The minimum absolute atomic E-state index is 0.147. The molecule has 0 saturated carbocycles. The average Bonchev–Trinajstić information content (AvgIpc) is 2.71. The van der Waals surface area contributed by atoms with Gasteiger partial charge < -0.3 is 9.84 Å². The molecule has 1 N–H and O–H groups in total. The summed E-state index contributed by atoms with van der Waals surface area (Å²) in [6.45, 7) is 0. The number of esters is 1. The van der Waals surface area contributed by atoms with Gasteiger partial charge in [0.15, 0.2) is 0 Å². The van der Waals surface area contributed by atoms with Gasteiger partial charge >= 0.3 is 11.9 Å². The fourth-order valence-corrected chi connectivity index (χ4v) is 3.38. The Morgan fingerprint density at radius 2 is 1.11 bits per heavy atom. The van der Waals surface area contributed by atoms with E-state index in [1.807, 2.05) is 60.7 Å². The Hall–Kier alpha value is -3.66. The normalized spacial score (nSPS) is 10.9. The van der Waals surface area contributed by atoms with Crippen LogP contribution in [-0.2, 0) is 4.74 Å². The van der Waals surface area contributed by atoms with Crippen LogP contribution in [0.2, 0.25) is 0 Å². The van der Waals surface area contributed by atoms with Crippen molar-refractivity contribution in [2.24, 2.45) is 0 Å². The molecular formula is C23H16O4. The standard InChI is InChI=1S/C23H16O4/c1-27-23(26)21-13-17-9-5-3-7-15(17)11-19(21)18-10-14-6-2-4-8-16(14)12-20(18)22(24)25/h2-13H,1H3,(H,24,25). The summed E-state index contributed by atoms with van der Waals surface area (Å²) in [5, 5.41) is 13.3. The second-order valence-corrected chi connectivity index (χ2v) is 6.29. The lowest BCUT2D eigenvalue weighted by Crippen LogP contribution is -2.06. The zero-order valence-electron chi connectivity index (χ0n) is 14.6. The molecule has 0 bridgehead atoms. The third-order valence-corrected chi connectivity index (χ3v) is 4.70. The first-order valence-corrected chi connectivity index (χ1v) is 8.46. The Labute approximate surface area is 155 Å². The highest BCUT2D eigenvalue weighted by molar-refractivity contribution is 6.09. The van der Waals surface area contributed by atoms with E-state index in [-0.39, 0.29) is 5.56 Å². The molecule has 132 valence electrons. The quantitative estimate of drug-likeness (QED) is 0.516. The highest BCUT2D eigenvalue weighted by Crippen LogP contribution is 2.34. The first-order valence-electron chi connectivity index (χ1n) is 8.46. The van der Waals surface area contributed by atoms with Crippen molar-refractivity contribution >= 4 is 33.5 Å². The molecule has 4 aromatic rings. The van der Waals surface area contributed by atoms with Crippen molar-refractivity contribution in [1.29, 1.82) is 0 Å². The number of carboxylic acids is 1. The molecule has 4 aromatic carbocycles. The number of carboxylic acid groups (broad SMARTS) is 1. The topological polar surface area (TPSA) is 63.6 Å². The molecule has 4 nitrogen and oxygen atoms in total. The molecule has 0 amide bonds. The van der Waals surface area contributed by atoms with Gasteiger partial charge in [0.2, 0.25) is 0 Å². The highest BCUT2D eigenvalue weighted by Gasteiger charge is 2.20. The Bertz CT molecular complexity index is 1210. The van der Waals surface area contributed by atoms with Crippen LogP contribution in [-0.4, -0.2) is 24.2 Å². The maximum absolute atomic E-state index is 12.4. The first kappa shape index (κ1) is 16.8. The number of hydrogen-bond acceptors (Lipinski definition) is 3. The van der Waals surface area contributed by atoms with E-state index in [0.29, 0.717) is 16.7 Å². The number of methoxy groups -OCH3 is 1. The van der Waals surface area contributed by atoms with Crippen molar-refractivity contribution in [3.63, 3.8) is 0 Å². The van der Waals surface area contributed by atoms with Gasteiger partial charge in [0.05, 0.1) is 18.2 Å². The summed E-state index contributed by atoms with van der Waals surface area (Å²) in [6, 6.07) is 22.2. The first-order chi connectivity index (χ1) is 13.1. The van der Waals surface area contributed by atoms with Gasteiger partial charge in [0.25, 0.3) is 0 Å². The van der Waals surface area contributed by atoms with Gasteiger partial charge in [-0.25, -0.2) is 9.59 Å². The monoisotopic (exact) mass is 356 g/mol. The Morgan fingerprint density at radius 3 is 1.56 bits per heavy atom. The molecule has 0 heterocycles. The summed E-state index contributed by atoms with van der Waals surface area (Å²) >= 11 is 0. The van der Waals surface area contributed by atoms with Crippen molar-refractivity contribution < 1.29 is 19.4 Å². The number of ether oxygens (including phenoxy) is 1. The number of aromatic carboxylic acids is 1. The lowest BCUT2D eigenvalue weighted by Gasteiger charge is -2.14. The van der Waals surface area contributed by atoms with Crippen molar-refractivity contribution in [1.82, 2.24) is 0 Å². The molecule has 0 aliphatic rings. The summed E-state index contributed by atoms with van der Waals surface area (Å²) < 4.78 is 4.95. The van der Waals surface area contributed by atoms with Gasteiger partial charge in [-0.2, -0.15) is 0 Å². The minimum Gasteiger partial charge on any atom is -0.478 e. The second kappa shape index (κ2) is 6.57. The molecule has 0 atom stereocenters.